The molecule has 1 heterocycles. The van der Waals surface area contributed by atoms with E-state index in [2.05, 4.69) is 31.4 Å². The van der Waals surface area contributed by atoms with Crippen LogP contribution in [0.2, 0.25) is 0 Å². The molecule has 0 radical (unpaired) electrons. The van der Waals surface area contributed by atoms with Crippen molar-refractivity contribution in [2.75, 3.05) is 0 Å². The predicted molar refractivity (Wildman–Crippen MR) is 81.7 cm³/mol. The van der Waals surface area contributed by atoms with E-state index < -0.39 is 5.60 Å². The third-order valence-electron chi connectivity index (χ3n) is 4.61. The Labute approximate surface area is 120 Å². The molecular weight excluding hydrogens is 248 g/mol. The van der Waals surface area contributed by atoms with Gasteiger partial charge in [0.05, 0.1) is 16.6 Å². The molecule has 0 aliphatic heterocycles. The third kappa shape index (κ3) is 2.35. The Balaban J connectivity index is 1.95. The van der Waals surface area contributed by atoms with E-state index in [-0.39, 0.29) is 5.41 Å². The van der Waals surface area contributed by atoms with Gasteiger partial charge in [-0.1, -0.05) is 26.0 Å². The molecule has 0 bridgehead atoms. The molecule has 3 heteroatoms. The molecule has 3 nitrogen and oxygen atoms in total. The fraction of sp³-hybridized carbons (Fsp3) is 0.588. The normalized spacial score (nSPS) is 25.4. The van der Waals surface area contributed by atoms with Crippen LogP contribution in [-0.4, -0.2) is 20.3 Å². The van der Waals surface area contributed by atoms with E-state index in [4.69, 9.17) is 4.98 Å². The topological polar surface area (TPSA) is 38.0 Å². The molecule has 1 aromatic carbocycles. The van der Waals surface area contributed by atoms with Crippen molar-refractivity contribution in [3.05, 3.63) is 30.1 Å². The van der Waals surface area contributed by atoms with Crippen molar-refractivity contribution in [2.24, 2.45) is 5.41 Å². The molecule has 1 fully saturated rings. The Morgan fingerprint density at radius 2 is 2.00 bits per heavy atom. The van der Waals surface area contributed by atoms with E-state index in [0.717, 1.165) is 37.1 Å². The van der Waals surface area contributed by atoms with Crippen LogP contribution < -0.4 is 0 Å². The van der Waals surface area contributed by atoms with Gasteiger partial charge in [0, 0.05) is 13.0 Å². The molecule has 1 unspecified atom stereocenters. The molecule has 3 rings (SSSR count). The van der Waals surface area contributed by atoms with E-state index >= 15 is 0 Å². The van der Waals surface area contributed by atoms with Crippen molar-refractivity contribution in [1.82, 2.24) is 9.55 Å². The first-order valence-electron chi connectivity index (χ1n) is 7.59. The highest BCUT2D eigenvalue weighted by molar-refractivity contribution is 5.75. The summed E-state index contributed by atoms with van der Waals surface area (Å²) in [6, 6.07) is 8.23. The monoisotopic (exact) mass is 272 g/mol. The molecule has 1 aliphatic carbocycles. The van der Waals surface area contributed by atoms with Gasteiger partial charge < -0.3 is 9.67 Å². The van der Waals surface area contributed by atoms with Crippen molar-refractivity contribution in [3.8, 4) is 0 Å². The summed E-state index contributed by atoms with van der Waals surface area (Å²) in [6.07, 6.45) is 3.51. The molecule has 20 heavy (non-hydrogen) atoms. The summed E-state index contributed by atoms with van der Waals surface area (Å²) in [5, 5.41) is 10.9. The molecule has 1 aromatic heterocycles. The average Bonchev–Trinajstić information content (AvgIpc) is 2.86. The number of benzene rings is 1. The number of fused-ring (bicyclic) bond motifs is 1. The maximum Gasteiger partial charge on any atom is 0.112 e. The van der Waals surface area contributed by atoms with Crippen LogP contribution in [-0.2, 0) is 13.0 Å². The maximum atomic E-state index is 10.9. The molecule has 0 spiro atoms. The summed E-state index contributed by atoms with van der Waals surface area (Å²) in [7, 11) is 0. The number of aromatic nitrogens is 2. The van der Waals surface area contributed by atoms with E-state index in [1.54, 1.807) is 0 Å². The zero-order valence-corrected chi connectivity index (χ0v) is 12.7. The lowest BCUT2D eigenvalue weighted by Gasteiger charge is -2.25. The molecule has 108 valence electrons. The molecule has 0 amide bonds. The van der Waals surface area contributed by atoms with E-state index in [1.807, 2.05) is 18.2 Å². The number of imidazole rings is 1. The lowest BCUT2D eigenvalue weighted by atomic mass is 9.88. The van der Waals surface area contributed by atoms with Gasteiger partial charge in [0.2, 0.25) is 0 Å². The van der Waals surface area contributed by atoms with Gasteiger partial charge in [0.25, 0.3) is 0 Å². The van der Waals surface area contributed by atoms with Crippen LogP contribution in [0.1, 0.15) is 45.9 Å². The van der Waals surface area contributed by atoms with E-state index in [1.165, 1.54) is 5.52 Å². The number of hydrogen-bond acceptors (Lipinski definition) is 2. The number of nitrogens with zero attached hydrogens (tertiary/aromatic N) is 2. The van der Waals surface area contributed by atoms with Crippen LogP contribution >= 0.6 is 0 Å². The highest BCUT2D eigenvalue weighted by Gasteiger charge is 2.42. The minimum absolute atomic E-state index is 0.248. The van der Waals surface area contributed by atoms with Gasteiger partial charge in [-0.2, -0.15) is 0 Å². The lowest BCUT2D eigenvalue weighted by Crippen LogP contribution is -2.30. The van der Waals surface area contributed by atoms with E-state index in [9.17, 15) is 5.11 Å². The van der Waals surface area contributed by atoms with Gasteiger partial charge in [-0.05, 0) is 43.7 Å². The first-order chi connectivity index (χ1) is 9.42. The van der Waals surface area contributed by atoms with Crippen LogP contribution in [0.3, 0.4) is 0 Å². The van der Waals surface area contributed by atoms with Gasteiger partial charge in [0.15, 0.2) is 0 Å². The lowest BCUT2D eigenvalue weighted by molar-refractivity contribution is 0.0353. The van der Waals surface area contributed by atoms with Crippen LogP contribution in [0.25, 0.3) is 11.0 Å². The summed E-state index contributed by atoms with van der Waals surface area (Å²) in [4.78, 5) is 4.74. The van der Waals surface area contributed by atoms with Gasteiger partial charge in [-0.3, -0.25) is 0 Å². The van der Waals surface area contributed by atoms with Crippen LogP contribution in [0, 0.1) is 5.41 Å². The minimum atomic E-state index is -0.586. The SMILES string of the molecule is CCn1c(CC2(O)CCC(C)(C)C2)nc2ccccc21. The van der Waals surface area contributed by atoms with Crippen molar-refractivity contribution in [2.45, 2.75) is 58.6 Å². The molecule has 1 saturated carbocycles. The van der Waals surface area contributed by atoms with Crippen molar-refractivity contribution in [1.29, 1.82) is 0 Å². The highest BCUT2D eigenvalue weighted by Crippen LogP contribution is 2.45. The smallest absolute Gasteiger partial charge is 0.112 e. The molecule has 1 atom stereocenters. The number of aryl methyl sites for hydroxylation is 1. The second-order valence-electron chi connectivity index (χ2n) is 7.00. The van der Waals surface area contributed by atoms with Crippen molar-refractivity contribution in [3.63, 3.8) is 0 Å². The highest BCUT2D eigenvalue weighted by atomic mass is 16.3. The number of aliphatic hydroxyl groups is 1. The number of hydrogen-bond donors (Lipinski definition) is 1. The Morgan fingerprint density at radius 3 is 2.65 bits per heavy atom. The Hall–Kier alpha value is -1.35. The molecular formula is C17H24N2O. The second kappa shape index (κ2) is 4.59. The Morgan fingerprint density at radius 1 is 1.25 bits per heavy atom. The molecule has 0 saturated heterocycles. The number of rotatable bonds is 3. The van der Waals surface area contributed by atoms with Gasteiger partial charge >= 0.3 is 0 Å². The first-order valence-corrected chi connectivity index (χ1v) is 7.59. The van der Waals surface area contributed by atoms with Gasteiger partial charge in [-0.15, -0.1) is 0 Å². The summed E-state index contributed by atoms with van der Waals surface area (Å²) in [5.41, 5.74) is 1.87. The van der Waals surface area contributed by atoms with Crippen molar-refractivity contribution >= 4 is 11.0 Å². The van der Waals surface area contributed by atoms with Crippen LogP contribution in [0.15, 0.2) is 24.3 Å². The summed E-state index contributed by atoms with van der Waals surface area (Å²) < 4.78 is 2.23. The minimum Gasteiger partial charge on any atom is -0.389 e. The summed E-state index contributed by atoms with van der Waals surface area (Å²) in [5.74, 6) is 1.02. The standard InChI is InChI=1S/C17H24N2O/c1-4-19-14-8-6-5-7-13(14)18-15(19)11-17(20)10-9-16(2,3)12-17/h5-8,20H,4,9-12H2,1-3H3. The maximum absolute atomic E-state index is 10.9. The number of para-hydroxylation sites is 2. The predicted octanol–water partition coefficient (Wildman–Crippen LogP) is 3.54. The van der Waals surface area contributed by atoms with Gasteiger partial charge in [0.1, 0.15) is 5.82 Å². The third-order valence-corrected chi connectivity index (χ3v) is 4.61. The zero-order chi connectivity index (χ0) is 14.4. The van der Waals surface area contributed by atoms with Crippen LogP contribution in [0.5, 0.6) is 0 Å². The quantitative estimate of drug-likeness (QED) is 0.928. The fourth-order valence-corrected chi connectivity index (χ4v) is 3.70. The summed E-state index contributed by atoms with van der Waals surface area (Å²) in [6.45, 7) is 7.52. The second-order valence-corrected chi connectivity index (χ2v) is 7.00. The first kappa shape index (κ1) is 13.6. The summed E-state index contributed by atoms with van der Waals surface area (Å²) >= 11 is 0. The molecule has 1 aliphatic rings. The Bertz CT molecular complexity index is 629. The average molecular weight is 272 g/mol. The largest absolute Gasteiger partial charge is 0.389 e. The Kier molecular flexibility index (Phi) is 3.13. The molecule has 2 aromatic rings. The van der Waals surface area contributed by atoms with E-state index in [0.29, 0.717) is 6.42 Å². The van der Waals surface area contributed by atoms with Crippen LogP contribution in [0.4, 0.5) is 0 Å². The zero-order valence-electron chi connectivity index (χ0n) is 12.7. The molecule has 1 N–H and O–H groups in total. The fourth-order valence-electron chi connectivity index (χ4n) is 3.70. The van der Waals surface area contributed by atoms with Gasteiger partial charge in [-0.25, -0.2) is 4.98 Å². The van der Waals surface area contributed by atoms with Crippen molar-refractivity contribution < 1.29 is 5.11 Å².